The molecule has 18 heavy (non-hydrogen) atoms. The van der Waals surface area contributed by atoms with Crippen molar-refractivity contribution in [3.8, 4) is 0 Å². The SMILES string of the molecule is FC(F)(CNCC1CCCCC1)c1ccccc1. The van der Waals surface area contributed by atoms with E-state index in [4.69, 9.17) is 0 Å². The molecule has 0 aromatic heterocycles. The maximum atomic E-state index is 13.8. The fourth-order valence-corrected chi connectivity index (χ4v) is 2.61. The Kier molecular flexibility index (Phi) is 4.70. The zero-order chi connectivity index (χ0) is 12.8. The number of halogens is 2. The van der Waals surface area contributed by atoms with Crippen LogP contribution in [0.15, 0.2) is 30.3 Å². The quantitative estimate of drug-likeness (QED) is 0.838. The fourth-order valence-electron chi connectivity index (χ4n) is 2.61. The van der Waals surface area contributed by atoms with Crippen molar-refractivity contribution < 1.29 is 8.78 Å². The Morgan fingerprint density at radius 3 is 2.39 bits per heavy atom. The molecule has 1 aromatic rings. The van der Waals surface area contributed by atoms with Gasteiger partial charge in [-0.15, -0.1) is 0 Å². The summed E-state index contributed by atoms with van der Waals surface area (Å²) in [4.78, 5) is 0. The number of nitrogens with one attached hydrogen (secondary N) is 1. The van der Waals surface area contributed by atoms with E-state index >= 15 is 0 Å². The second-order valence-electron chi connectivity index (χ2n) is 5.21. The summed E-state index contributed by atoms with van der Waals surface area (Å²) in [5.74, 6) is -2.18. The molecule has 0 heterocycles. The van der Waals surface area contributed by atoms with Crippen molar-refractivity contribution in [1.29, 1.82) is 0 Å². The molecule has 0 saturated heterocycles. The molecule has 1 nitrogen and oxygen atoms in total. The van der Waals surface area contributed by atoms with Crippen LogP contribution >= 0.6 is 0 Å². The highest BCUT2D eigenvalue weighted by Gasteiger charge is 2.30. The Hall–Kier alpha value is -0.960. The van der Waals surface area contributed by atoms with Gasteiger partial charge in [-0.05, 0) is 25.3 Å². The van der Waals surface area contributed by atoms with Gasteiger partial charge in [0.05, 0.1) is 6.54 Å². The third-order valence-corrected chi connectivity index (χ3v) is 3.70. The van der Waals surface area contributed by atoms with Crippen LogP contribution in [0.2, 0.25) is 0 Å². The summed E-state index contributed by atoms with van der Waals surface area (Å²) >= 11 is 0. The topological polar surface area (TPSA) is 12.0 Å². The molecule has 1 aromatic carbocycles. The van der Waals surface area contributed by atoms with Crippen molar-refractivity contribution in [1.82, 2.24) is 5.32 Å². The highest BCUT2D eigenvalue weighted by Crippen LogP contribution is 2.27. The molecule has 2 rings (SSSR count). The summed E-state index contributed by atoms with van der Waals surface area (Å²) < 4.78 is 27.7. The minimum atomic E-state index is -2.77. The predicted octanol–water partition coefficient (Wildman–Crippen LogP) is 3.95. The van der Waals surface area contributed by atoms with Crippen LogP contribution < -0.4 is 5.32 Å². The van der Waals surface area contributed by atoms with Gasteiger partial charge in [0.15, 0.2) is 0 Å². The molecule has 100 valence electrons. The Labute approximate surface area is 108 Å². The number of hydrogen-bond donors (Lipinski definition) is 1. The fraction of sp³-hybridized carbons (Fsp3) is 0.600. The van der Waals surface area contributed by atoms with Crippen LogP contribution in [0.3, 0.4) is 0 Å². The second-order valence-corrected chi connectivity index (χ2v) is 5.21. The van der Waals surface area contributed by atoms with Gasteiger partial charge < -0.3 is 5.32 Å². The third-order valence-electron chi connectivity index (χ3n) is 3.70. The van der Waals surface area contributed by atoms with Crippen molar-refractivity contribution in [2.75, 3.05) is 13.1 Å². The lowest BCUT2D eigenvalue weighted by molar-refractivity contribution is -0.00411. The summed E-state index contributed by atoms with van der Waals surface area (Å²) in [7, 11) is 0. The average Bonchev–Trinajstić information content (AvgIpc) is 2.41. The lowest BCUT2D eigenvalue weighted by atomic mass is 9.89. The summed E-state index contributed by atoms with van der Waals surface area (Å²) in [5.41, 5.74) is 0.0983. The maximum Gasteiger partial charge on any atom is 0.285 e. The highest BCUT2D eigenvalue weighted by molar-refractivity contribution is 5.20. The average molecular weight is 253 g/mol. The Morgan fingerprint density at radius 1 is 1.06 bits per heavy atom. The minimum absolute atomic E-state index is 0.0983. The van der Waals surface area contributed by atoms with Crippen molar-refractivity contribution in [3.05, 3.63) is 35.9 Å². The highest BCUT2D eigenvalue weighted by atomic mass is 19.3. The van der Waals surface area contributed by atoms with Crippen molar-refractivity contribution >= 4 is 0 Å². The number of alkyl halides is 2. The predicted molar refractivity (Wildman–Crippen MR) is 69.8 cm³/mol. The monoisotopic (exact) mass is 253 g/mol. The van der Waals surface area contributed by atoms with Crippen LogP contribution in [0.4, 0.5) is 8.78 Å². The summed E-state index contributed by atoms with van der Waals surface area (Å²) in [5, 5.41) is 2.94. The molecule has 1 fully saturated rings. The first-order chi connectivity index (χ1) is 8.68. The van der Waals surface area contributed by atoms with Gasteiger partial charge >= 0.3 is 0 Å². The molecule has 0 amide bonds. The van der Waals surface area contributed by atoms with E-state index in [1.165, 1.54) is 44.2 Å². The van der Waals surface area contributed by atoms with Gasteiger partial charge in [-0.25, -0.2) is 0 Å². The third kappa shape index (κ3) is 3.77. The van der Waals surface area contributed by atoms with E-state index in [1.54, 1.807) is 18.2 Å². The van der Waals surface area contributed by atoms with Gasteiger partial charge in [-0.2, -0.15) is 8.78 Å². The van der Waals surface area contributed by atoms with Gasteiger partial charge in [0.2, 0.25) is 0 Å². The van der Waals surface area contributed by atoms with Gasteiger partial charge in [-0.3, -0.25) is 0 Å². The number of benzene rings is 1. The lowest BCUT2D eigenvalue weighted by Crippen LogP contribution is -2.34. The smallest absolute Gasteiger partial charge is 0.285 e. The van der Waals surface area contributed by atoms with Crippen molar-refractivity contribution in [2.24, 2.45) is 5.92 Å². The molecule has 1 aliphatic rings. The first kappa shape index (κ1) is 13.5. The maximum absolute atomic E-state index is 13.8. The van der Waals surface area contributed by atoms with E-state index in [1.807, 2.05) is 0 Å². The molecular formula is C15H21F2N. The summed E-state index contributed by atoms with van der Waals surface area (Å²) in [6.45, 7) is 0.468. The Morgan fingerprint density at radius 2 is 1.72 bits per heavy atom. The summed E-state index contributed by atoms with van der Waals surface area (Å²) in [6.07, 6.45) is 6.17. The van der Waals surface area contributed by atoms with E-state index in [-0.39, 0.29) is 12.1 Å². The van der Waals surface area contributed by atoms with Gasteiger partial charge in [0, 0.05) is 5.56 Å². The first-order valence-corrected chi connectivity index (χ1v) is 6.82. The molecule has 0 unspecified atom stereocenters. The van der Waals surface area contributed by atoms with Gasteiger partial charge in [-0.1, -0.05) is 49.6 Å². The van der Waals surface area contributed by atoms with E-state index in [2.05, 4.69) is 5.32 Å². The molecule has 0 aliphatic heterocycles. The Bertz CT molecular complexity index is 345. The van der Waals surface area contributed by atoms with Crippen LogP contribution in [-0.4, -0.2) is 13.1 Å². The molecule has 1 saturated carbocycles. The molecule has 1 aliphatic carbocycles. The zero-order valence-electron chi connectivity index (χ0n) is 10.7. The number of hydrogen-bond acceptors (Lipinski definition) is 1. The zero-order valence-corrected chi connectivity index (χ0v) is 10.7. The second kappa shape index (κ2) is 6.28. The van der Waals surface area contributed by atoms with E-state index in [0.717, 1.165) is 6.54 Å². The van der Waals surface area contributed by atoms with Crippen LogP contribution in [0.25, 0.3) is 0 Å². The minimum Gasteiger partial charge on any atom is -0.311 e. The first-order valence-electron chi connectivity index (χ1n) is 6.82. The van der Waals surface area contributed by atoms with Crippen LogP contribution in [0.1, 0.15) is 37.7 Å². The molecular weight excluding hydrogens is 232 g/mol. The number of rotatable bonds is 5. The van der Waals surface area contributed by atoms with Gasteiger partial charge in [0.1, 0.15) is 0 Å². The molecule has 3 heteroatoms. The largest absolute Gasteiger partial charge is 0.311 e. The molecule has 0 radical (unpaired) electrons. The van der Waals surface area contributed by atoms with E-state index < -0.39 is 5.92 Å². The van der Waals surface area contributed by atoms with Crippen molar-refractivity contribution in [2.45, 2.75) is 38.0 Å². The van der Waals surface area contributed by atoms with E-state index in [9.17, 15) is 8.78 Å². The standard InChI is InChI=1S/C15H21F2N/c16-15(17,14-9-5-2-6-10-14)12-18-11-13-7-3-1-4-8-13/h2,5-6,9-10,13,18H,1,3-4,7-8,11-12H2. The molecule has 1 N–H and O–H groups in total. The molecule has 0 spiro atoms. The normalized spacial score (nSPS) is 17.9. The van der Waals surface area contributed by atoms with E-state index in [0.29, 0.717) is 5.92 Å². The lowest BCUT2D eigenvalue weighted by Gasteiger charge is -2.23. The molecule has 0 atom stereocenters. The summed E-state index contributed by atoms with van der Waals surface area (Å²) in [6, 6.07) is 8.05. The van der Waals surface area contributed by atoms with Crippen LogP contribution in [0, 0.1) is 5.92 Å². The molecule has 0 bridgehead atoms. The van der Waals surface area contributed by atoms with Crippen LogP contribution in [0.5, 0.6) is 0 Å². The van der Waals surface area contributed by atoms with Crippen LogP contribution in [-0.2, 0) is 5.92 Å². The Balaban J connectivity index is 1.78. The van der Waals surface area contributed by atoms with Gasteiger partial charge in [0.25, 0.3) is 5.92 Å². The van der Waals surface area contributed by atoms with Crippen molar-refractivity contribution in [3.63, 3.8) is 0 Å².